The molecule has 0 bridgehead atoms. The minimum atomic E-state index is -0.188. The Hall–Kier alpha value is -1.39. The fraction of sp³-hybridized carbons (Fsp3) is 0.562. The van der Waals surface area contributed by atoms with Crippen LogP contribution < -0.4 is 5.32 Å². The molecule has 1 aliphatic heterocycles. The van der Waals surface area contributed by atoms with E-state index in [-0.39, 0.29) is 11.9 Å². The Morgan fingerprint density at radius 1 is 1.35 bits per heavy atom. The quantitative estimate of drug-likeness (QED) is 0.884. The molecule has 1 aliphatic rings. The van der Waals surface area contributed by atoms with Crippen LogP contribution in [-0.4, -0.2) is 55.5 Å². The Balaban J connectivity index is 2.20. The van der Waals surface area contributed by atoms with Gasteiger partial charge in [-0.2, -0.15) is 0 Å². The summed E-state index contributed by atoms with van der Waals surface area (Å²) in [5.41, 5.74) is 1.07. The molecule has 1 amide bonds. The van der Waals surface area contributed by atoms with E-state index in [0.717, 1.165) is 31.6 Å². The topological polar surface area (TPSA) is 35.6 Å². The van der Waals surface area contributed by atoms with Crippen molar-refractivity contribution in [1.82, 2.24) is 15.1 Å². The molecule has 1 fully saturated rings. The van der Waals surface area contributed by atoms with Gasteiger partial charge in [-0.1, -0.05) is 37.3 Å². The number of nitrogens with zero attached hydrogens (tertiary/aromatic N) is 2. The van der Waals surface area contributed by atoms with Gasteiger partial charge in [-0.3, -0.25) is 9.69 Å². The first-order chi connectivity index (χ1) is 9.65. The van der Waals surface area contributed by atoms with Gasteiger partial charge in [-0.15, -0.1) is 0 Å². The van der Waals surface area contributed by atoms with Crippen molar-refractivity contribution < 1.29 is 4.79 Å². The molecule has 1 N–H and O–H groups in total. The fourth-order valence-electron chi connectivity index (χ4n) is 2.75. The number of carbonyl (C=O) groups is 1. The molecule has 2 rings (SSSR count). The molecule has 1 heterocycles. The highest BCUT2D eigenvalue weighted by Crippen LogP contribution is 2.23. The zero-order chi connectivity index (χ0) is 14.5. The summed E-state index contributed by atoms with van der Waals surface area (Å²) in [6, 6.07) is 10.2. The first kappa shape index (κ1) is 15.0. The second kappa shape index (κ2) is 6.86. The van der Waals surface area contributed by atoms with Gasteiger partial charge in [0.05, 0.1) is 0 Å². The van der Waals surface area contributed by atoms with Gasteiger partial charge in [0, 0.05) is 19.6 Å². The van der Waals surface area contributed by atoms with Crippen molar-refractivity contribution in [3.63, 3.8) is 0 Å². The molecule has 0 spiro atoms. The fourth-order valence-corrected chi connectivity index (χ4v) is 2.75. The van der Waals surface area contributed by atoms with Crippen molar-refractivity contribution in [2.45, 2.75) is 25.4 Å². The maximum Gasteiger partial charge on any atom is 0.244 e. The number of carbonyl (C=O) groups excluding carboxylic acids is 1. The van der Waals surface area contributed by atoms with E-state index in [0.29, 0.717) is 6.04 Å². The summed E-state index contributed by atoms with van der Waals surface area (Å²) in [5, 5.41) is 3.32. The summed E-state index contributed by atoms with van der Waals surface area (Å²) in [6.07, 6.45) is 1.04. The Labute approximate surface area is 121 Å². The molecule has 0 saturated carbocycles. The highest BCUT2D eigenvalue weighted by atomic mass is 16.2. The average Bonchev–Trinajstić information content (AvgIpc) is 3.01. The molecule has 1 aromatic rings. The lowest BCUT2D eigenvalue weighted by atomic mass is 10.0. The monoisotopic (exact) mass is 275 g/mol. The van der Waals surface area contributed by atoms with Crippen LogP contribution in [0.15, 0.2) is 30.3 Å². The Bertz CT molecular complexity index is 429. The van der Waals surface area contributed by atoms with E-state index in [1.807, 2.05) is 49.3 Å². The van der Waals surface area contributed by atoms with Gasteiger partial charge in [0.1, 0.15) is 6.04 Å². The van der Waals surface area contributed by atoms with E-state index in [9.17, 15) is 4.79 Å². The molecule has 0 aromatic heterocycles. The third-order valence-corrected chi connectivity index (χ3v) is 4.22. The predicted molar refractivity (Wildman–Crippen MR) is 81.5 cm³/mol. The van der Waals surface area contributed by atoms with Crippen LogP contribution in [0, 0.1) is 0 Å². The number of benzene rings is 1. The standard InChI is InChI=1S/C16H25N3O/c1-4-18(2)15(13-8-6-5-7-9-13)16(20)19(3)14-10-11-17-12-14/h5-9,14-15,17H,4,10-12H2,1-3H3. The minimum Gasteiger partial charge on any atom is -0.340 e. The van der Waals surface area contributed by atoms with Gasteiger partial charge < -0.3 is 10.2 Å². The Kier molecular flexibility index (Phi) is 5.15. The van der Waals surface area contributed by atoms with Crippen molar-refractivity contribution in [1.29, 1.82) is 0 Å². The molecular weight excluding hydrogens is 250 g/mol. The minimum absolute atomic E-state index is 0.188. The summed E-state index contributed by atoms with van der Waals surface area (Å²) in [7, 11) is 3.94. The molecule has 0 radical (unpaired) electrons. The van der Waals surface area contributed by atoms with E-state index < -0.39 is 0 Å². The van der Waals surface area contributed by atoms with Gasteiger partial charge >= 0.3 is 0 Å². The molecule has 110 valence electrons. The van der Waals surface area contributed by atoms with Crippen LogP contribution in [0.25, 0.3) is 0 Å². The number of nitrogens with one attached hydrogen (secondary N) is 1. The van der Waals surface area contributed by atoms with Gasteiger partial charge in [0.15, 0.2) is 0 Å². The van der Waals surface area contributed by atoms with E-state index in [2.05, 4.69) is 17.1 Å². The van der Waals surface area contributed by atoms with Crippen molar-refractivity contribution in [2.75, 3.05) is 33.7 Å². The zero-order valence-electron chi connectivity index (χ0n) is 12.7. The number of hydrogen-bond acceptors (Lipinski definition) is 3. The van der Waals surface area contributed by atoms with Gasteiger partial charge in [0.2, 0.25) is 5.91 Å². The maximum atomic E-state index is 12.9. The van der Waals surface area contributed by atoms with Crippen molar-refractivity contribution in [3.8, 4) is 0 Å². The van der Waals surface area contributed by atoms with Crippen LogP contribution in [0.2, 0.25) is 0 Å². The van der Waals surface area contributed by atoms with Gasteiger partial charge in [-0.05, 0) is 32.1 Å². The van der Waals surface area contributed by atoms with Crippen LogP contribution >= 0.6 is 0 Å². The molecule has 4 heteroatoms. The summed E-state index contributed by atoms with van der Waals surface area (Å²) in [4.78, 5) is 16.9. The van der Waals surface area contributed by atoms with E-state index in [1.165, 1.54) is 0 Å². The second-order valence-electron chi connectivity index (χ2n) is 5.48. The van der Waals surface area contributed by atoms with Crippen LogP contribution in [0.5, 0.6) is 0 Å². The van der Waals surface area contributed by atoms with Crippen LogP contribution in [0.1, 0.15) is 24.9 Å². The normalized spacial score (nSPS) is 20.1. The molecule has 2 atom stereocenters. The zero-order valence-corrected chi connectivity index (χ0v) is 12.7. The predicted octanol–water partition coefficient (Wildman–Crippen LogP) is 1.50. The Morgan fingerprint density at radius 2 is 2.05 bits per heavy atom. The van der Waals surface area contributed by atoms with Crippen LogP contribution in [-0.2, 0) is 4.79 Å². The van der Waals surface area contributed by atoms with Crippen LogP contribution in [0.3, 0.4) is 0 Å². The highest BCUT2D eigenvalue weighted by Gasteiger charge is 2.31. The molecule has 4 nitrogen and oxygen atoms in total. The van der Waals surface area contributed by atoms with E-state index in [1.54, 1.807) is 0 Å². The molecule has 1 aromatic carbocycles. The highest BCUT2D eigenvalue weighted by molar-refractivity contribution is 5.83. The maximum absolute atomic E-state index is 12.9. The first-order valence-electron chi connectivity index (χ1n) is 7.37. The molecule has 0 aliphatic carbocycles. The van der Waals surface area contributed by atoms with Gasteiger partial charge in [0.25, 0.3) is 0 Å². The largest absolute Gasteiger partial charge is 0.340 e. The summed E-state index contributed by atoms with van der Waals surface area (Å²) < 4.78 is 0. The van der Waals surface area contributed by atoms with E-state index in [4.69, 9.17) is 0 Å². The lowest BCUT2D eigenvalue weighted by molar-refractivity contribution is -0.137. The second-order valence-corrected chi connectivity index (χ2v) is 5.48. The molecule has 2 unspecified atom stereocenters. The molecule has 20 heavy (non-hydrogen) atoms. The lowest BCUT2D eigenvalue weighted by Crippen LogP contribution is -2.45. The molecular formula is C16H25N3O. The van der Waals surface area contributed by atoms with Gasteiger partial charge in [-0.25, -0.2) is 0 Å². The van der Waals surface area contributed by atoms with Crippen molar-refractivity contribution >= 4 is 5.91 Å². The number of hydrogen-bond donors (Lipinski definition) is 1. The SMILES string of the molecule is CCN(C)C(C(=O)N(C)C1CCNC1)c1ccccc1. The van der Waals surface area contributed by atoms with Crippen LogP contribution in [0.4, 0.5) is 0 Å². The van der Waals surface area contributed by atoms with Crippen molar-refractivity contribution in [2.24, 2.45) is 0 Å². The summed E-state index contributed by atoms with van der Waals surface area (Å²) >= 11 is 0. The summed E-state index contributed by atoms with van der Waals surface area (Å²) in [5.74, 6) is 0.189. The third-order valence-electron chi connectivity index (χ3n) is 4.22. The average molecular weight is 275 g/mol. The summed E-state index contributed by atoms with van der Waals surface area (Å²) in [6.45, 7) is 4.84. The molecule has 1 saturated heterocycles. The first-order valence-corrected chi connectivity index (χ1v) is 7.37. The lowest BCUT2D eigenvalue weighted by Gasteiger charge is -2.33. The smallest absolute Gasteiger partial charge is 0.244 e. The van der Waals surface area contributed by atoms with Crippen molar-refractivity contribution in [3.05, 3.63) is 35.9 Å². The number of amides is 1. The Morgan fingerprint density at radius 3 is 2.60 bits per heavy atom. The number of likely N-dealkylation sites (N-methyl/N-ethyl adjacent to an activating group) is 2. The third kappa shape index (κ3) is 3.19. The van der Waals surface area contributed by atoms with E-state index >= 15 is 0 Å². The number of rotatable bonds is 5.